The topological polar surface area (TPSA) is 85.2 Å². The highest BCUT2D eigenvalue weighted by molar-refractivity contribution is 7.99. The molecule has 1 saturated heterocycles. The molecule has 0 aliphatic carbocycles. The number of aromatic nitrogens is 3. The Morgan fingerprint density at radius 2 is 1.88 bits per heavy atom. The van der Waals surface area contributed by atoms with Crippen LogP contribution in [-0.2, 0) is 14.6 Å². The van der Waals surface area contributed by atoms with E-state index in [9.17, 15) is 13.2 Å². The average molecular weight is 491 g/mol. The molecule has 0 saturated carbocycles. The van der Waals surface area contributed by atoms with Crippen LogP contribution in [0.2, 0.25) is 5.02 Å². The summed E-state index contributed by atoms with van der Waals surface area (Å²) in [6.45, 7) is 2.34. The number of benzene rings is 2. The minimum absolute atomic E-state index is 0.0381. The molecular weight excluding hydrogens is 468 g/mol. The highest BCUT2D eigenvalue weighted by atomic mass is 35.5. The zero-order valence-electron chi connectivity index (χ0n) is 17.5. The van der Waals surface area contributed by atoms with Crippen molar-refractivity contribution >= 4 is 39.1 Å². The van der Waals surface area contributed by atoms with Crippen LogP contribution in [-0.4, -0.2) is 63.8 Å². The third-order valence-corrected chi connectivity index (χ3v) is 8.30. The number of nitrogens with zero attached hydrogens (tertiary/aromatic N) is 4. The van der Waals surface area contributed by atoms with Gasteiger partial charge in [-0.1, -0.05) is 53.7 Å². The second-order valence-corrected chi connectivity index (χ2v) is 11.1. The highest BCUT2D eigenvalue weighted by Gasteiger charge is 2.34. The second kappa shape index (κ2) is 9.64. The van der Waals surface area contributed by atoms with Crippen molar-refractivity contribution in [3.05, 3.63) is 59.6 Å². The Kier molecular flexibility index (Phi) is 6.88. The maximum atomic E-state index is 13.0. The molecule has 1 aliphatic rings. The van der Waals surface area contributed by atoms with Crippen molar-refractivity contribution in [3.63, 3.8) is 0 Å². The standard InChI is InChI=1S/C22H23ClN4O3S2/c1-2-26(19-12-13-32(29,30)15-19)20(28)14-31-22-25-24-21(16-6-4-3-5-7-16)27(22)18-10-8-17(23)9-11-18/h3-11,19H,2,12-15H2,1H3/t19-/m1/s1. The van der Waals surface area contributed by atoms with Crippen molar-refractivity contribution < 1.29 is 13.2 Å². The summed E-state index contributed by atoms with van der Waals surface area (Å²) in [4.78, 5) is 14.6. The molecule has 1 fully saturated rings. The predicted octanol–water partition coefficient (Wildman–Crippen LogP) is 3.72. The molecule has 2 aromatic carbocycles. The van der Waals surface area contributed by atoms with Crippen LogP contribution >= 0.6 is 23.4 Å². The number of hydrogen-bond donors (Lipinski definition) is 0. The van der Waals surface area contributed by atoms with Gasteiger partial charge in [0, 0.05) is 28.9 Å². The van der Waals surface area contributed by atoms with Crippen LogP contribution in [0.5, 0.6) is 0 Å². The summed E-state index contributed by atoms with van der Waals surface area (Å²) in [6, 6.07) is 16.8. The number of hydrogen-bond acceptors (Lipinski definition) is 6. The SMILES string of the molecule is CCN(C(=O)CSc1nnc(-c2ccccc2)n1-c1ccc(Cl)cc1)[C@@H]1CCS(=O)(=O)C1. The molecule has 1 aromatic heterocycles. The van der Waals surface area contributed by atoms with Crippen LogP contribution in [0.15, 0.2) is 59.8 Å². The largest absolute Gasteiger partial charge is 0.338 e. The number of halogens is 1. The van der Waals surface area contributed by atoms with Gasteiger partial charge < -0.3 is 4.90 Å². The molecule has 10 heteroatoms. The van der Waals surface area contributed by atoms with Gasteiger partial charge in [-0.15, -0.1) is 10.2 Å². The van der Waals surface area contributed by atoms with Crippen molar-refractivity contribution in [1.29, 1.82) is 0 Å². The number of carbonyl (C=O) groups is 1. The minimum Gasteiger partial charge on any atom is -0.338 e. The molecule has 1 amide bonds. The van der Waals surface area contributed by atoms with Gasteiger partial charge in [0.1, 0.15) is 0 Å². The molecule has 4 rings (SSSR count). The maximum Gasteiger partial charge on any atom is 0.233 e. The summed E-state index contributed by atoms with van der Waals surface area (Å²) in [6.07, 6.45) is 0.492. The van der Waals surface area contributed by atoms with Gasteiger partial charge in [-0.3, -0.25) is 9.36 Å². The molecular formula is C22H23ClN4O3S2. The van der Waals surface area contributed by atoms with E-state index < -0.39 is 9.84 Å². The Hall–Kier alpha value is -2.36. The summed E-state index contributed by atoms with van der Waals surface area (Å²) in [7, 11) is -3.06. The van der Waals surface area contributed by atoms with E-state index in [1.165, 1.54) is 11.8 Å². The van der Waals surface area contributed by atoms with Gasteiger partial charge >= 0.3 is 0 Å². The smallest absolute Gasteiger partial charge is 0.233 e. The van der Waals surface area contributed by atoms with Crippen molar-refractivity contribution in [3.8, 4) is 17.1 Å². The number of sulfone groups is 1. The summed E-state index contributed by atoms with van der Waals surface area (Å²) >= 11 is 7.35. The predicted molar refractivity (Wildman–Crippen MR) is 127 cm³/mol. The van der Waals surface area contributed by atoms with E-state index >= 15 is 0 Å². The molecule has 0 unspecified atom stereocenters. The lowest BCUT2D eigenvalue weighted by Crippen LogP contribution is -2.42. The van der Waals surface area contributed by atoms with E-state index in [0.717, 1.165) is 11.3 Å². The first-order valence-corrected chi connectivity index (χ1v) is 13.5. The van der Waals surface area contributed by atoms with Crippen molar-refractivity contribution in [2.75, 3.05) is 23.8 Å². The Morgan fingerprint density at radius 3 is 2.50 bits per heavy atom. The van der Waals surface area contributed by atoms with E-state index in [4.69, 9.17) is 11.6 Å². The summed E-state index contributed by atoms with van der Waals surface area (Å²) in [5, 5.41) is 9.93. The van der Waals surface area contributed by atoms with Crippen LogP contribution in [0.1, 0.15) is 13.3 Å². The van der Waals surface area contributed by atoms with E-state index in [2.05, 4.69) is 10.2 Å². The number of rotatable bonds is 7. The molecule has 1 aliphatic heterocycles. The van der Waals surface area contributed by atoms with Crippen LogP contribution in [0.4, 0.5) is 0 Å². The first-order chi connectivity index (χ1) is 15.4. The van der Waals surface area contributed by atoms with Crippen LogP contribution < -0.4 is 0 Å². The van der Waals surface area contributed by atoms with Gasteiger partial charge in [0.15, 0.2) is 20.8 Å². The van der Waals surface area contributed by atoms with Crippen LogP contribution in [0.25, 0.3) is 17.1 Å². The quantitative estimate of drug-likeness (QED) is 0.469. The summed E-state index contributed by atoms with van der Waals surface area (Å²) in [5.74, 6) is 0.880. The summed E-state index contributed by atoms with van der Waals surface area (Å²) in [5.41, 5.74) is 1.74. The lowest BCUT2D eigenvalue weighted by atomic mass is 10.2. The van der Waals surface area contributed by atoms with Crippen LogP contribution in [0.3, 0.4) is 0 Å². The van der Waals surface area contributed by atoms with Gasteiger partial charge in [-0.05, 0) is 37.6 Å². The monoisotopic (exact) mass is 490 g/mol. The molecule has 0 N–H and O–H groups in total. The van der Waals surface area contributed by atoms with E-state index in [1.54, 1.807) is 17.0 Å². The highest BCUT2D eigenvalue weighted by Crippen LogP contribution is 2.29. The van der Waals surface area contributed by atoms with Gasteiger partial charge in [0.2, 0.25) is 5.91 Å². The van der Waals surface area contributed by atoms with Crippen molar-refractivity contribution in [2.24, 2.45) is 0 Å². The van der Waals surface area contributed by atoms with Crippen molar-refractivity contribution in [1.82, 2.24) is 19.7 Å². The van der Waals surface area contributed by atoms with E-state index in [-0.39, 0.29) is 29.2 Å². The normalized spacial score (nSPS) is 17.4. The fourth-order valence-corrected chi connectivity index (χ4v) is 6.52. The lowest BCUT2D eigenvalue weighted by Gasteiger charge is -2.26. The Morgan fingerprint density at radius 1 is 1.16 bits per heavy atom. The summed E-state index contributed by atoms with van der Waals surface area (Å²) < 4.78 is 25.6. The van der Waals surface area contributed by atoms with E-state index in [1.807, 2.05) is 54.0 Å². The fourth-order valence-electron chi connectivity index (χ4n) is 3.83. The number of carbonyl (C=O) groups excluding carboxylic acids is 1. The average Bonchev–Trinajstić information content (AvgIpc) is 3.37. The van der Waals surface area contributed by atoms with Gasteiger partial charge in [-0.2, -0.15) is 0 Å². The second-order valence-electron chi connectivity index (χ2n) is 7.51. The Balaban J connectivity index is 1.59. The molecule has 0 radical (unpaired) electrons. The zero-order valence-corrected chi connectivity index (χ0v) is 19.9. The molecule has 168 valence electrons. The molecule has 0 bridgehead atoms. The van der Waals surface area contributed by atoms with Crippen molar-refractivity contribution in [2.45, 2.75) is 24.5 Å². The molecule has 1 atom stereocenters. The third-order valence-electron chi connectivity index (χ3n) is 5.39. The van der Waals surface area contributed by atoms with Gasteiger partial charge in [0.05, 0.1) is 17.3 Å². The van der Waals surface area contributed by atoms with Gasteiger partial charge in [-0.25, -0.2) is 8.42 Å². The molecule has 7 nitrogen and oxygen atoms in total. The van der Waals surface area contributed by atoms with Gasteiger partial charge in [0.25, 0.3) is 0 Å². The molecule has 2 heterocycles. The Bertz CT molecular complexity index is 1200. The minimum atomic E-state index is -3.06. The molecule has 3 aromatic rings. The van der Waals surface area contributed by atoms with Crippen LogP contribution in [0, 0.1) is 0 Å². The molecule has 0 spiro atoms. The maximum absolute atomic E-state index is 13.0. The third kappa shape index (κ3) is 5.00. The van der Waals surface area contributed by atoms with E-state index in [0.29, 0.717) is 29.0 Å². The number of amides is 1. The first kappa shape index (κ1) is 22.8. The fraction of sp³-hybridized carbons (Fsp3) is 0.318. The first-order valence-electron chi connectivity index (χ1n) is 10.3. The lowest BCUT2D eigenvalue weighted by molar-refractivity contribution is -0.129. The molecule has 32 heavy (non-hydrogen) atoms. The number of thioether (sulfide) groups is 1. The Labute approximate surface area is 196 Å². The zero-order chi connectivity index (χ0) is 22.7.